The number of hydrogen-bond acceptors (Lipinski definition) is 10. The second-order valence-electron chi connectivity index (χ2n) is 16.1. The molecule has 0 aromatic heterocycles. The number of nitrogens with one attached hydrogen (secondary N) is 2. The highest BCUT2D eigenvalue weighted by molar-refractivity contribution is 7.90. The highest BCUT2D eigenvalue weighted by Crippen LogP contribution is 2.37. The van der Waals surface area contributed by atoms with Gasteiger partial charge in [0.2, 0.25) is 0 Å². The Kier molecular flexibility index (Phi) is 12.5. The Morgan fingerprint density at radius 1 is 0.881 bits per heavy atom. The van der Waals surface area contributed by atoms with Crippen LogP contribution in [0.3, 0.4) is 0 Å². The third kappa shape index (κ3) is 9.57. The maximum atomic E-state index is 14.0. The van der Waals surface area contributed by atoms with E-state index in [4.69, 9.17) is 16.3 Å². The number of halogens is 1. The van der Waals surface area contributed by atoms with E-state index in [9.17, 15) is 18.1 Å². The van der Waals surface area contributed by atoms with Crippen LogP contribution in [0.1, 0.15) is 72.0 Å². The van der Waals surface area contributed by atoms with E-state index in [1.54, 1.807) is 6.07 Å². The number of ether oxygens (including phenoxy) is 1. The molecule has 0 spiro atoms. The zero-order valence-electron chi connectivity index (χ0n) is 33.5. The average molecular weight is 835 g/mol. The molecule has 0 radical (unpaired) electrons. The van der Waals surface area contributed by atoms with Crippen LogP contribution in [0.4, 0.5) is 17.1 Å². The van der Waals surface area contributed by atoms with Gasteiger partial charge in [0, 0.05) is 61.1 Å². The summed E-state index contributed by atoms with van der Waals surface area (Å²) in [5.74, 6) is -0.0186. The van der Waals surface area contributed by atoms with Gasteiger partial charge in [-0.2, -0.15) is 0 Å². The summed E-state index contributed by atoms with van der Waals surface area (Å²) in [5.41, 5.74) is 7.66. The highest BCUT2D eigenvalue weighted by Gasteiger charge is 2.27. The summed E-state index contributed by atoms with van der Waals surface area (Å²) in [4.78, 5) is 32.7. The number of amides is 1. The lowest BCUT2D eigenvalue weighted by molar-refractivity contribution is 0.0979. The lowest BCUT2D eigenvalue weighted by Gasteiger charge is -2.37. The molecule has 4 aromatic carbocycles. The Labute approximate surface area is 352 Å². The van der Waals surface area contributed by atoms with Gasteiger partial charge in [0.25, 0.3) is 15.9 Å². The molecule has 0 unspecified atom stereocenters. The number of hydrogen-bond donors (Lipinski definition) is 2. The topological polar surface area (TPSA) is 124 Å². The summed E-state index contributed by atoms with van der Waals surface area (Å²) >= 11 is 6.23. The molecular weight excluding hydrogens is 784 g/mol. The first-order chi connectivity index (χ1) is 28.6. The first kappa shape index (κ1) is 40.8. The van der Waals surface area contributed by atoms with Gasteiger partial charge in [0.15, 0.2) is 0 Å². The molecule has 2 aliphatic heterocycles. The highest BCUT2D eigenvalue weighted by atomic mass is 35.5. The standard InChI is InChI=1S/C46H51ClN6O5S/c1-51-23-21-36(22-24-51)48-42-20-18-38(30-43(42)49-55)59(56,57)50-46(54)41-19-17-37(29-45(41)58-44-12-6-9-32-8-5-11-40(32)44)53-27-25-52(26-28-53)31-34-7-3-2-4-10-39(34)33-13-15-35(47)16-14-33/h5-6,9,11-20,29-30,36,48H,2-4,7-8,10,21-28,31H2,1H3,(H,50,54). The molecule has 2 fully saturated rings. The van der Waals surface area contributed by atoms with Crippen molar-refractivity contribution in [3.63, 3.8) is 0 Å². The molecule has 2 saturated heterocycles. The third-order valence-corrected chi connectivity index (χ3v) is 13.6. The van der Waals surface area contributed by atoms with Crippen molar-refractivity contribution >= 4 is 56.2 Å². The van der Waals surface area contributed by atoms with E-state index in [2.05, 4.69) is 55.2 Å². The van der Waals surface area contributed by atoms with Gasteiger partial charge in [-0.15, -0.1) is 4.91 Å². The summed E-state index contributed by atoms with van der Waals surface area (Å²) in [7, 11) is -2.33. The number of carbonyl (C=O) groups excluding carboxylic acids is 1. The van der Waals surface area contributed by atoms with Crippen LogP contribution in [0.25, 0.3) is 11.6 Å². The van der Waals surface area contributed by atoms with E-state index in [1.165, 1.54) is 54.2 Å². The number of fused-ring (bicyclic) bond motifs is 1. The van der Waals surface area contributed by atoms with Crippen molar-refractivity contribution in [2.75, 3.05) is 63.1 Å². The number of piperidine rings is 1. The molecule has 2 aliphatic carbocycles. The zero-order chi connectivity index (χ0) is 40.9. The number of carbonyl (C=O) groups is 1. The van der Waals surface area contributed by atoms with Gasteiger partial charge in [-0.25, -0.2) is 13.1 Å². The van der Waals surface area contributed by atoms with Crippen LogP contribution in [0.2, 0.25) is 5.02 Å². The molecule has 11 nitrogen and oxygen atoms in total. The van der Waals surface area contributed by atoms with Gasteiger partial charge in [-0.1, -0.05) is 60.0 Å². The van der Waals surface area contributed by atoms with Gasteiger partial charge >= 0.3 is 0 Å². The van der Waals surface area contributed by atoms with E-state index in [1.807, 2.05) is 48.5 Å². The molecule has 4 aromatic rings. The van der Waals surface area contributed by atoms with Crippen molar-refractivity contribution < 1.29 is 17.9 Å². The quantitative estimate of drug-likeness (QED) is 0.135. The lowest BCUT2D eigenvalue weighted by atomic mass is 9.95. The van der Waals surface area contributed by atoms with Gasteiger partial charge < -0.3 is 19.9 Å². The minimum absolute atomic E-state index is 0.0355. The van der Waals surface area contributed by atoms with E-state index in [0.29, 0.717) is 11.4 Å². The minimum atomic E-state index is -4.40. The minimum Gasteiger partial charge on any atom is -0.456 e. The molecule has 8 rings (SSSR count). The number of likely N-dealkylation sites (tertiary alicyclic amines) is 1. The average Bonchev–Trinajstić information content (AvgIpc) is 3.62. The number of anilines is 2. The van der Waals surface area contributed by atoms with Crippen LogP contribution in [0.5, 0.6) is 11.5 Å². The van der Waals surface area contributed by atoms with E-state index >= 15 is 0 Å². The Balaban J connectivity index is 1.00. The van der Waals surface area contributed by atoms with E-state index < -0.39 is 15.9 Å². The Morgan fingerprint density at radius 3 is 2.44 bits per heavy atom. The molecular formula is C46H51ClN6O5S. The molecule has 2 heterocycles. The Hall–Kier alpha value is -5.01. The summed E-state index contributed by atoms with van der Waals surface area (Å²) in [5, 5.41) is 7.22. The molecule has 0 bridgehead atoms. The number of allylic oxidation sites excluding steroid dienone is 2. The second kappa shape index (κ2) is 18.1. The number of rotatable bonds is 12. The molecule has 308 valence electrons. The van der Waals surface area contributed by atoms with Crippen molar-refractivity contribution in [1.29, 1.82) is 0 Å². The van der Waals surface area contributed by atoms with Gasteiger partial charge in [0.05, 0.1) is 16.1 Å². The number of piperazine rings is 1. The number of nitrogens with zero attached hydrogens (tertiary/aromatic N) is 4. The van der Waals surface area contributed by atoms with Crippen LogP contribution < -0.4 is 19.7 Å². The molecule has 2 N–H and O–H groups in total. The molecule has 0 atom stereocenters. The number of benzene rings is 4. The maximum Gasteiger partial charge on any atom is 0.268 e. The maximum absolute atomic E-state index is 14.0. The van der Waals surface area contributed by atoms with Gasteiger partial charge in [-0.05, 0) is 135 Å². The SMILES string of the molecule is CN1CCC(Nc2ccc(S(=O)(=O)NC(=O)c3ccc(N4CCN(CC5=C(c6ccc(Cl)cc6)CCCCC5)CC4)cc3Oc3cccc4c3C=CC4)cc2N=O)CC1. The smallest absolute Gasteiger partial charge is 0.268 e. The van der Waals surface area contributed by atoms with E-state index in [-0.39, 0.29) is 27.9 Å². The fourth-order valence-corrected chi connectivity index (χ4v) is 9.80. The van der Waals surface area contributed by atoms with Crippen LogP contribution in [0, 0.1) is 4.91 Å². The third-order valence-electron chi connectivity index (χ3n) is 12.1. The Bertz CT molecular complexity index is 2370. The Morgan fingerprint density at radius 2 is 1.66 bits per heavy atom. The molecule has 1 amide bonds. The fraction of sp³-hybridized carbons (Fsp3) is 0.370. The summed E-state index contributed by atoms with van der Waals surface area (Å²) in [6.07, 6.45) is 12.5. The van der Waals surface area contributed by atoms with Crippen LogP contribution >= 0.6 is 11.6 Å². The van der Waals surface area contributed by atoms with Crippen LogP contribution in [0.15, 0.2) is 101 Å². The van der Waals surface area contributed by atoms with Crippen molar-refractivity contribution in [2.24, 2.45) is 5.18 Å². The number of sulfonamides is 1. The summed E-state index contributed by atoms with van der Waals surface area (Å²) in [6.45, 7) is 6.06. The van der Waals surface area contributed by atoms with Crippen molar-refractivity contribution in [1.82, 2.24) is 14.5 Å². The molecule has 4 aliphatic rings. The summed E-state index contributed by atoms with van der Waals surface area (Å²) < 4.78 is 36.1. The van der Waals surface area contributed by atoms with Crippen LogP contribution in [-0.4, -0.2) is 83.0 Å². The van der Waals surface area contributed by atoms with Gasteiger partial charge in [-0.3, -0.25) is 9.69 Å². The monoisotopic (exact) mass is 834 g/mol. The molecule has 0 saturated carbocycles. The summed E-state index contributed by atoms with van der Waals surface area (Å²) in [6, 6.07) is 23.6. The lowest BCUT2D eigenvalue weighted by Crippen LogP contribution is -2.47. The van der Waals surface area contributed by atoms with Gasteiger partial charge in [0.1, 0.15) is 17.2 Å². The van der Waals surface area contributed by atoms with E-state index in [0.717, 1.165) is 99.8 Å². The first-order valence-corrected chi connectivity index (χ1v) is 22.5. The predicted octanol–water partition coefficient (Wildman–Crippen LogP) is 9.26. The van der Waals surface area contributed by atoms with Crippen molar-refractivity contribution in [3.05, 3.63) is 123 Å². The fourth-order valence-electron chi connectivity index (χ4n) is 8.69. The van der Waals surface area contributed by atoms with Crippen molar-refractivity contribution in [3.8, 4) is 11.5 Å². The predicted molar refractivity (Wildman–Crippen MR) is 236 cm³/mol. The first-order valence-electron chi connectivity index (χ1n) is 20.7. The van der Waals surface area contributed by atoms with Crippen LogP contribution in [-0.2, 0) is 16.4 Å². The van der Waals surface area contributed by atoms with Crippen molar-refractivity contribution in [2.45, 2.75) is 62.3 Å². The molecule has 59 heavy (non-hydrogen) atoms. The normalized spacial score (nSPS) is 18.0. The largest absolute Gasteiger partial charge is 0.456 e. The molecule has 13 heteroatoms. The second-order valence-corrected chi connectivity index (χ2v) is 18.2. The number of nitroso groups, excluding NO2 is 1. The zero-order valence-corrected chi connectivity index (χ0v) is 35.0.